The van der Waals surface area contributed by atoms with E-state index in [0.29, 0.717) is 11.4 Å². The van der Waals surface area contributed by atoms with Crippen LogP contribution in [0.1, 0.15) is 33.5 Å². The van der Waals surface area contributed by atoms with Crippen LogP contribution in [0.25, 0.3) is 5.69 Å². The quantitative estimate of drug-likeness (QED) is 0.480. The second kappa shape index (κ2) is 5.76. The highest BCUT2D eigenvalue weighted by Gasteiger charge is 2.30. The van der Waals surface area contributed by atoms with Gasteiger partial charge in [0.25, 0.3) is 11.6 Å². The second-order valence-electron chi connectivity index (χ2n) is 5.25. The first-order chi connectivity index (χ1) is 11.4. The molecule has 1 aliphatic rings. The van der Waals surface area contributed by atoms with Gasteiger partial charge in [-0.05, 0) is 13.0 Å². The average Bonchev–Trinajstić information content (AvgIpc) is 2.93. The summed E-state index contributed by atoms with van der Waals surface area (Å²) in [6.07, 6.45) is 1.42. The van der Waals surface area contributed by atoms with E-state index >= 15 is 0 Å². The number of benzene rings is 1. The summed E-state index contributed by atoms with van der Waals surface area (Å²) in [5.74, 6) is -0.940. The van der Waals surface area contributed by atoms with Gasteiger partial charge in [-0.15, -0.1) is 0 Å². The van der Waals surface area contributed by atoms with E-state index in [1.54, 1.807) is 18.5 Å². The van der Waals surface area contributed by atoms with Gasteiger partial charge in [0.05, 0.1) is 35.0 Å². The second-order valence-corrected chi connectivity index (χ2v) is 5.25. The Balaban J connectivity index is 2.20. The first-order valence-electron chi connectivity index (χ1n) is 7.21. The van der Waals surface area contributed by atoms with Crippen molar-refractivity contribution in [2.75, 3.05) is 13.7 Å². The van der Waals surface area contributed by atoms with Crippen molar-refractivity contribution in [3.63, 3.8) is 0 Å². The topological polar surface area (TPSA) is 108 Å². The summed E-state index contributed by atoms with van der Waals surface area (Å²) in [4.78, 5) is 40.5. The normalized spacial score (nSPS) is 13.1. The lowest BCUT2D eigenvalue weighted by Crippen LogP contribution is -2.26. The molecule has 124 valence electrons. The van der Waals surface area contributed by atoms with Crippen molar-refractivity contribution < 1.29 is 19.2 Å². The van der Waals surface area contributed by atoms with E-state index in [-0.39, 0.29) is 36.0 Å². The lowest BCUT2D eigenvalue weighted by Gasteiger charge is -2.14. The number of hydrogen-bond donors (Lipinski definition) is 0. The smallest absolute Gasteiger partial charge is 0.358 e. The Morgan fingerprint density at radius 1 is 1.46 bits per heavy atom. The number of nitrogens with zero attached hydrogens (tertiary/aromatic N) is 4. The molecule has 1 aliphatic heterocycles. The van der Waals surface area contributed by atoms with E-state index in [9.17, 15) is 19.7 Å². The predicted octanol–water partition coefficient (Wildman–Crippen LogP) is 1.54. The number of non-ortho nitro benzene ring substituents is 1. The number of carbonyl (C=O) groups is 2. The van der Waals surface area contributed by atoms with Gasteiger partial charge in [-0.3, -0.25) is 19.5 Å². The standard InChI is InChI=1S/C15H14N4O5/c1-3-24-15(21)13-12-7-17(2)14(20)10-6-9(19(22)23)4-5-11(10)18(12)8-16-13/h4-6,8H,3,7H2,1-2H3. The molecule has 1 aromatic heterocycles. The summed E-state index contributed by atoms with van der Waals surface area (Å²) in [5, 5.41) is 11.0. The lowest BCUT2D eigenvalue weighted by molar-refractivity contribution is -0.384. The van der Waals surface area contributed by atoms with Crippen LogP contribution in [0.4, 0.5) is 5.69 Å². The average molecular weight is 330 g/mol. The van der Waals surface area contributed by atoms with Gasteiger partial charge in [0.15, 0.2) is 5.69 Å². The molecule has 0 atom stereocenters. The van der Waals surface area contributed by atoms with Crippen molar-refractivity contribution in [2.24, 2.45) is 0 Å². The molecule has 0 saturated carbocycles. The summed E-state index contributed by atoms with van der Waals surface area (Å²) in [7, 11) is 1.56. The first kappa shape index (κ1) is 15.7. The molecule has 0 fully saturated rings. The largest absolute Gasteiger partial charge is 0.461 e. The molecule has 9 nitrogen and oxygen atoms in total. The molecule has 0 radical (unpaired) electrons. The van der Waals surface area contributed by atoms with E-state index in [2.05, 4.69) is 4.98 Å². The fourth-order valence-corrected chi connectivity index (χ4v) is 2.62. The minimum absolute atomic E-state index is 0.128. The summed E-state index contributed by atoms with van der Waals surface area (Å²) in [5.41, 5.74) is 1.07. The Hall–Kier alpha value is -3.23. The van der Waals surface area contributed by atoms with Crippen LogP contribution in [0.15, 0.2) is 24.5 Å². The van der Waals surface area contributed by atoms with Crippen LogP contribution < -0.4 is 0 Å². The van der Waals surface area contributed by atoms with Crippen LogP contribution in [-0.4, -0.2) is 44.9 Å². The van der Waals surface area contributed by atoms with Crippen LogP contribution in [0, 0.1) is 10.1 Å². The van der Waals surface area contributed by atoms with E-state index < -0.39 is 10.9 Å². The Bertz CT molecular complexity index is 858. The van der Waals surface area contributed by atoms with Gasteiger partial charge >= 0.3 is 5.97 Å². The van der Waals surface area contributed by atoms with E-state index in [0.717, 1.165) is 0 Å². The number of hydrogen-bond acceptors (Lipinski definition) is 6. The molecule has 0 saturated heterocycles. The molecule has 0 spiro atoms. The highest BCUT2D eigenvalue weighted by Crippen LogP contribution is 2.28. The summed E-state index contributed by atoms with van der Waals surface area (Å²) in [6, 6.07) is 4.02. The molecule has 9 heteroatoms. The van der Waals surface area contributed by atoms with E-state index in [1.165, 1.54) is 29.4 Å². The van der Waals surface area contributed by atoms with Crippen LogP contribution in [-0.2, 0) is 11.3 Å². The number of ether oxygens (including phenoxy) is 1. The van der Waals surface area contributed by atoms with Gasteiger partial charge in [-0.2, -0.15) is 0 Å². The zero-order valence-electron chi connectivity index (χ0n) is 13.1. The maximum atomic E-state index is 12.5. The first-order valence-corrected chi connectivity index (χ1v) is 7.21. The summed E-state index contributed by atoms with van der Waals surface area (Å²) < 4.78 is 6.58. The van der Waals surface area contributed by atoms with E-state index in [1.807, 2.05) is 0 Å². The third-order valence-corrected chi connectivity index (χ3v) is 3.75. The maximum Gasteiger partial charge on any atom is 0.358 e. The third-order valence-electron chi connectivity index (χ3n) is 3.75. The fourth-order valence-electron chi connectivity index (χ4n) is 2.62. The Labute approximate surface area is 136 Å². The van der Waals surface area contributed by atoms with Crippen molar-refractivity contribution in [1.29, 1.82) is 0 Å². The van der Waals surface area contributed by atoms with Crippen molar-refractivity contribution in [3.8, 4) is 5.69 Å². The number of rotatable bonds is 3. The number of carbonyl (C=O) groups excluding carboxylic acids is 2. The highest BCUT2D eigenvalue weighted by molar-refractivity contribution is 5.99. The summed E-state index contributed by atoms with van der Waals surface area (Å²) >= 11 is 0. The van der Waals surface area contributed by atoms with E-state index in [4.69, 9.17) is 4.74 Å². The number of aromatic nitrogens is 2. The van der Waals surface area contributed by atoms with Crippen molar-refractivity contribution in [3.05, 3.63) is 51.6 Å². The molecule has 0 N–H and O–H groups in total. The molecule has 0 unspecified atom stereocenters. The van der Waals surface area contributed by atoms with Gasteiger partial charge in [0.1, 0.15) is 6.33 Å². The minimum Gasteiger partial charge on any atom is -0.461 e. The zero-order valence-corrected chi connectivity index (χ0v) is 13.1. The number of amides is 1. The monoisotopic (exact) mass is 330 g/mol. The van der Waals surface area contributed by atoms with Crippen molar-refractivity contribution in [1.82, 2.24) is 14.5 Å². The molecule has 2 heterocycles. The number of nitro groups is 1. The van der Waals surface area contributed by atoms with Crippen LogP contribution >= 0.6 is 0 Å². The Morgan fingerprint density at radius 3 is 2.88 bits per heavy atom. The molecular weight excluding hydrogens is 316 g/mol. The Kier molecular flexibility index (Phi) is 3.76. The highest BCUT2D eigenvalue weighted by atomic mass is 16.6. The fraction of sp³-hybridized carbons (Fsp3) is 0.267. The van der Waals surface area contributed by atoms with Gasteiger partial charge < -0.3 is 9.64 Å². The molecule has 1 amide bonds. The maximum absolute atomic E-state index is 12.5. The molecule has 0 aliphatic carbocycles. The molecule has 24 heavy (non-hydrogen) atoms. The SMILES string of the molecule is CCOC(=O)c1ncn2c1CN(C)C(=O)c1cc([N+](=O)[O-])ccc1-2. The van der Waals surface area contributed by atoms with Crippen molar-refractivity contribution in [2.45, 2.75) is 13.5 Å². The molecule has 3 rings (SSSR count). The molecule has 2 aromatic rings. The van der Waals surface area contributed by atoms with Gasteiger partial charge in [0.2, 0.25) is 0 Å². The third kappa shape index (κ3) is 2.39. The van der Waals surface area contributed by atoms with Gasteiger partial charge in [-0.1, -0.05) is 0 Å². The van der Waals surface area contributed by atoms with Crippen molar-refractivity contribution >= 4 is 17.6 Å². The lowest BCUT2D eigenvalue weighted by atomic mass is 10.1. The molecular formula is C15H14N4O5. The van der Waals surface area contributed by atoms with Gasteiger partial charge in [0, 0.05) is 19.2 Å². The summed E-state index contributed by atoms with van der Waals surface area (Å²) in [6.45, 7) is 2.04. The van der Waals surface area contributed by atoms with Crippen LogP contribution in [0.5, 0.6) is 0 Å². The predicted molar refractivity (Wildman–Crippen MR) is 82.0 cm³/mol. The molecule has 0 bridgehead atoms. The number of esters is 1. The Morgan fingerprint density at radius 2 is 2.21 bits per heavy atom. The number of fused-ring (bicyclic) bond motifs is 3. The van der Waals surface area contributed by atoms with Crippen LogP contribution in [0.2, 0.25) is 0 Å². The van der Waals surface area contributed by atoms with Gasteiger partial charge in [-0.25, -0.2) is 9.78 Å². The molecule has 1 aromatic carbocycles. The zero-order chi connectivity index (χ0) is 17.4. The van der Waals surface area contributed by atoms with Crippen LogP contribution in [0.3, 0.4) is 0 Å². The number of nitro benzene ring substituents is 1. The minimum atomic E-state index is -0.572. The number of imidazole rings is 1.